The molecule has 10 aromatic rings. The average Bonchev–Trinajstić information content (AvgIpc) is 3.80. The largest absolute Gasteiger partial charge is 0.310 e. The van der Waals surface area contributed by atoms with E-state index in [-0.39, 0.29) is 5.41 Å². The van der Waals surface area contributed by atoms with Gasteiger partial charge in [-0.2, -0.15) is 0 Å². The lowest BCUT2D eigenvalue weighted by molar-refractivity contribution is 0.660. The topological polar surface area (TPSA) is 3.24 Å². The first-order chi connectivity index (χ1) is 29.0. The summed E-state index contributed by atoms with van der Waals surface area (Å²) in [5.41, 5.74) is 18.3. The molecule has 0 radical (unpaired) electrons. The Morgan fingerprint density at radius 1 is 0.373 bits per heavy atom. The Labute approximate surface area is 350 Å². The summed E-state index contributed by atoms with van der Waals surface area (Å²) in [6.45, 7) is 4.72. The van der Waals surface area contributed by atoms with E-state index in [4.69, 9.17) is 0 Å². The van der Waals surface area contributed by atoms with E-state index in [9.17, 15) is 0 Å². The third-order valence-electron chi connectivity index (χ3n) is 12.3. The van der Waals surface area contributed by atoms with E-state index < -0.39 is 0 Å². The van der Waals surface area contributed by atoms with Crippen molar-refractivity contribution in [2.45, 2.75) is 19.3 Å². The molecule has 1 heterocycles. The second-order valence-electron chi connectivity index (χ2n) is 16.0. The predicted octanol–water partition coefficient (Wildman–Crippen LogP) is 16.5. The molecule has 59 heavy (non-hydrogen) atoms. The van der Waals surface area contributed by atoms with Crippen molar-refractivity contribution in [3.05, 3.63) is 223 Å². The highest BCUT2D eigenvalue weighted by Crippen LogP contribution is 2.54. The second kappa shape index (κ2) is 14.1. The minimum absolute atomic E-state index is 0.0963. The van der Waals surface area contributed by atoms with Crippen LogP contribution in [0.5, 0.6) is 0 Å². The van der Waals surface area contributed by atoms with Gasteiger partial charge < -0.3 is 4.90 Å². The molecule has 9 aromatic carbocycles. The van der Waals surface area contributed by atoms with Crippen LogP contribution in [0.1, 0.15) is 25.0 Å². The van der Waals surface area contributed by atoms with Gasteiger partial charge in [-0.25, -0.2) is 0 Å². The Morgan fingerprint density at radius 3 is 1.73 bits per heavy atom. The van der Waals surface area contributed by atoms with Crippen molar-refractivity contribution in [2.75, 3.05) is 4.90 Å². The molecule has 0 unspecified atom stereocenters. The fourth-order valence-electron chi connectivity index (χ4n) is 9.51. The molecular formula is C57H41NS. The van der Waals surface area contributed by atoms with Crippen molar-refractivity contribution in [3.63, 3.8) is 0 Å². The van der Waals surface area contributed by atoms with Crippen LogP contribution in [0.3, 0.4) is 0 Å². The van der Waals surface area contributed by atoms with Crippen molar-refractivity contribution in [1.29, 1.82) is 0 Å². The van der Waals surface area contributed by atoms with Gasteiger partial charge in [0.05, 0.1) is 5.69 Å². The van der Waals surface area contributed by atoms with Gasteiger partial charge in [0, 0.05) is 42.5 Å². The minimum atomic E-state index is -0.0963. The molecule has 1 nitrogen and oxygen atoms in total. The summed E-state index contributed by atoms with van der Waals surface area (Å²) in [5, 5.41) is 2.64. The molecule has 0 bridgehead atoms. The molecule has 1 aromatic heterocycles. The fraction of sp³-hybridized carbons (Fsp3) is 0.0526. The van der Waals surface area contributed by atoms with Crippen molar-refractivity contribution < 1.29 is 0 Å². The summed E-state index contributed by atoms with van der Waals surface area (Å²) in [6.07, 6.45) is 0. The molecule has 0 spiro atoms. The lowest BCUT2D eigenvalue weighted by atomic mass is 9.82. The van der Waals surface area contributed by atoms with E-state index in [1.54, 1.807) is 0 Å². The van der Waals surface area contributed by atoms with Gasteiger partial charge in [0.2, 0.25) is 0 Å². The first-order valence-corrected chi connectivity index (χ1v) is 21.2. The predicted molar refractivity (Wildman–Crippen MR) is 253 cm³/mol. The summed E-state index contributed by atoms with van der Waals surface area (Å²) in [7, 11) is 0. The van der Waals surface area contributed by atoms with Crippen LogP contribution in [0.4, 0.5) is 17.1 Å². The summed E-state index contributed by atoms with van der Waals surface area (Å²) in [5.74, 6) is 0. The van der Waals surface area contributed by atoms with Crippen molar-refractivity contribution in [3.8, 4) is 55.6 Å². The summed E-state index contributed by atoms with van der Waals surface area (Å²) in [4.78, 5) is 2.46. The van der Waals surface area contributed by atoms with Crippen LogP contribution in [0, 0.1) is 0 Å². The highest BCUT2D eigenvalue weighted by atomic mass is 32.1. The van der Waals surface area contributed by atoms with E-state index in [0.717, 1.165) is 17.1 Å². The van der Waals surface area contributed by atoms with E-state index in [1.165, 1.54) is 86.9 Å². The zero-order valence-corrected chi connectivity index (χ0v) is 33.9. The number of anilines is 3. The van der Waals surface area contributed by atoms with E-state index in [0.29, 0.717) is 0 Å². The molecule has 0 aliphatic heterocycles. The summed E-state index contributed by atoms with van der Waals surface area (Å²) < 4.78 is 2.64. The molecular weight excluding hydrogens is 731 g/mol. The Morgan fingerprint density at radius 2 is 0.932 bits per heavy atom. The van der Waals surface area contributed by atoms with Crippen molar-refractivity contribution >= 4 is 48.6 Å². The molecule has 0 fully saturated rings. The van der Waals surface area contributed by atoms with Gasteiger partial charge in [0.15, 0.2) is 0 Å². The molecule has 1 aliphatic carbocycles. The Bertz CT molecular complexity index is 3170. The normalized spacial score (nSPS) is 12.7. The highest BCUT2D eigenvalue weighted by Gasteiger charge is 2.37. The van der Waals surface area contributed by atoms with E-state index >= 15 is 0 Å². The maximum atomic E-state index is 2.46. The number of nitrogens with zero attached hydrogens (tertiary/aromatic N) is 1. The van der Waals surface area contributed by atoms with Crippen molar-refractivity contribution in [1.82, 2.24) is 0 Å². The lowest BCUT2D eigenvalue weighted by Gasteiger charge is -2.30. The molecule has 0 saturated heterocycles. The Balaban J connectivity index is 1.13. The third-order valence-corrected chi connectivity index (χ3v) is 13.4. The van der Waals surface area contributed by atoms with Crippen LogP contribution in [0.2, 0.25) is 0 Å². The number of benzene rings is 9. The number of thiophene rings is 1. The number of hydrogen-bond acceptors (Lipinski definition) is 2. The zero-order chi connectivity index (χ0) is 39.5. The number of hydrogen-bond donors (Lipinski definition) is 0. The summed E-state index contributed by atoms with van der Waals surface area (Å²) >= 11 is 1.87. The molecule has 0 N–H and O–H groups in total. The standard InChI is InChI=1S/C57H41NS/c1-57(2)50-26-12-9-22-47(50)55-46(25-15-27-51(55)57)45-21-10-13-28-52(45)58(42-35-36-43(38-17-5-3-6-18-38)49(37-42)39-19-7-4-8-20-39)41-33-31-40(32-34-41)44-24-16-30-54-56(44)48-23-11-14-29-53(48)59-54/h3-37H,1-2H3. The lowest BCUT2D eigenvalue weighted by Crippen LogP contribution is -2.15. The van der Waals surface area contributed by atoms with Gasteiger partial charge in [0.25, 0.3) is 0 Å². The smallest absolute Gasteiger partial charge is 0.0540 e. The zero-order valence-electron chi connectivity index (χ0n) is 33.1. The first-order valence-electron chi connectivity index (χ1n) is 20.4. The van der Waals surface area contributed by atoms with E-state index in [2.05, 4.69) is 231 Å². The molecule has 0 amide bonds. The van der Waals surface area contributed by atoms with Gasteiger partial charge in [-0.15, -0.1) is 11.3 Å². The average molecular weight is 772 g/mol. The molecule has 11 rings (SSSR count). The van der Waals surface area contributed by atoms with Crippen LogP contribution in [0.15, 0.2) is 212 Å². The first kappa shape index (κ1) is 35.2. The summed E-state index contributed by atoms with van der Waals surface area (Å²) in [6, 6.07) is 78.1. The monoisotopic (exact) mass is 771 g/mol. The highest BCUT2D eigenvalue weighted by molar-refractivity contribution is 7.25. The van der Waals surface area contributed by atoms with Crippen LogP contribution >= 0.6 is 11.3 Å². The maximum Gasteiger partial charge on any atom is 0.0540 e. The fourth-order valence-corrected chi connectivity index (χ4v) is 10.6. The van der Waals surface area contributed by atoms with Gasteiger partial charge in [0.1, 0.15) is 0 Å². The number of para-hydroxylation sites is 1. The molecule has 0 saturated carbocycles. The third kappa shape index (κ3) is 5.82. The molecule has 0 atom stereocenters. The Hall–Kier alpha value is -7.00. The van der Waals surface area contributed by atoms with Gasteiger partial charge in [-0.05, 0) is 104 Å². The van der Waals surface area contributed by atoms with Crippen LogP contribution in [-0.2, 0) is 5.41 Å². The van der Waals surface area contributed by atoms with Gasteiger partial charge in [-0.3, -0.25) is 0 Å². The van der Waals surface area contributed by atoms with Gasteiger partial charge >= 0.3 is 0 Å². The van der Waals surface area contributed by atoms with Crippen LogP contribution in [-0.4, -0.2) is 0 Å². The van der Waals surface area contributed by atoms with Crippen LogP contribution < -0.4 is 4.90 Å². The maximum absolute atomic E-state index is 2.46. The minimum Gasteiger partial charge on any atom is -0.310 e. The van der Waals surface area contributed by atoms with E-state index in [1.807, 2.05) is 11.3 Å². The van der Waals surface area contributed by atoms with Gasteiger partial charge in [-0.1, -0.05) is 184 Å². The molecule has 280 valence electrons. The van der Waals surface area contributed by atoms with Crippen molar-refractivity contribution in [2.24, 2.45) is 0 Å². The quantitative estimate of drug-likeness (QED) is 0.156. The Kier molecular flexibility index (Phi) is 8.43. The number of fused-ring (bicyclic) bond motifs is 6. The number of rotatable bonds is 7. The SMILES string of the molecule is CC1(C)c2ccccc2-c2c(-c3ccccc3N(c3ccc(-c4cccc5sc6ccccc6c45)cc3)c3ccc(-c4ccccc4)c(-c4ccccc4)c3)cccc21. The second-order valence-corrected chi connectivity index (χ2v) is 17.1. The van der Waals surface area contributed by atoms with Crippen LogP contribution in [0.25, 0.3) is 75.8 Å². The molecule has 2 heteroatoms. The molecule has 1 aliphatic rings.